The number of hydrogen-bond acceptors (Lipinski definition) is 3. The SMILES string of the molecule is CCCCc1cc(Cl)nc(NCC)n1. The van der Waals surface area contributed by atoms with Crippen LogP contribution in [0.5, 0.6) is 0 Å². The van der Waals surface area contributed by atoms with Crippen LogP contribution in [0.15, 0.2) is 6.07 Å². The fraction of sp³-hybridized carbons (Fsp3) is 0.600. The van der Waals surface area contributed by atoms with Crippen LogP contribution in [0.4, 0.5) is 5.95 Å². The van der Waals surface area contributed by atoms with Crippen LogP contribution in [0, 0.1) is 0 Å². The van der Waals surface area contributed by atoms with Crippen molar-refractivity contribution in [1.82, 2.24) is 9.97 Å². The molecule has 14 heavy (non-hydrogen) atoms. The minimum absolute atomic E-state index is 0.516. The van der Waals surface area contributed by atoms with Crippen LogP contribution in [0.25, 0.3) is 0 Å². The number of nitrogens with zero attached hydrogens (tertiary/aromatic N) is 2. The van der Waals surface area contributed by atoms with E-state index in [1.54, 1.807) is 0 Å². The summed E-state index contributed by atoms with van der Waals surface area (Å²) in [6.07, 6.45) is 3.27. The van der Waals surface area contributed by atoms with E-state index in [-0.39, 0.29) is 0 Å². The molecule has 78 valence electrons. The first-order valence-electron chi connectivity index (χ1n) is 5.03. The number of aromatic nitrogens is 2. The maximum Gasteiger partial charge on any atom is 0.224 e. The third kappa shape index (κ3) is 3.50. The second-order valence-corrected chi connectivity index (χ2v) is 3.53. The summed E-state index contributed by atoms with van der Waals surface area (Å²) in [6, 6.07) is 1.83. The number of aryl methyl sites for hydroxylation is 1. The van der Waals surface area contributed by atoms with Crippen LogP contribution in [-0.2, 0) is 6.42 Å². The normalized spacial score (nSPS) is 10.2. The van der Waals surface area contributed by atoms with Gasteiger partial charge >= 0.3 is 0 Å². The van der Waals surface area contributed by atoms with Crippen molar-refractivity contribution in [2.24, 2.45) is 0 Å². The van der Waals surface area contributed by atoms with Gasteiger partial charge in [-0.2, -0.15) is 0 Å². The fourth-order valence-corrected chi connectivity index (χ4v) is 1.39. The first kappa shape index (κ1) is 11.2. The van der Waals surface area contributed by atoms with Gasteiger partial charge < -0.3 is 5.32 Å². The van der Waals surface area contributed by atoms with E-state index in [4.69, 9.17) is 11.6 Å². The Morgan fingerprint density at radius 1 is 1.36 bits per heavy atom. The molecule has 0 aliphatic rings. The Morgan fingerprint density at radius 3 is 2.79 bits per heavy atom. The van der Waals surface area contributed by atoms with E-state index in [1.807, 2.05) is 13.0 Å². The van der Waals surface area contributed by atoms with Gasteiger partial charge in [-0.3, -0.25) is 0 Å². The Hall–Kier alpha value is -0.830. The largest absolute Gasteiger partial charge is 0.354 e. The maximum absolute atomic E-state index is 5.87. The van der Waals surface area contributed by atoms with Crippen LogP contribution in [0.1, 0.15) is 32.4 Å². The molecule has 0 bridgehead atoms. The number of anilines is 1. The van der Waals surface area contributed by atoms with Gasteiger partial charge in [0.15, 0.2) is 0 Å². The zero-order valence-electron chi connectivity index (χ0n) is 8.68. The molecule has 0 fully saturated rings. The van der Waals surface area contributed by atoms with E-state index in [1.165, 1.54) is 0 Å². The van der Waals surface area contributed by atoms with Crippen molar-refractivity contribution in [1.29, 1.82) is 0 Å². The summed E-state index contributed by atoms with van der Waals surface area (Å²) in [5, 5.41) is 3.57. The van der Waals surface area contributed by atoms with E-state index in [0.29, 0.717) is 11.1 Å². The van der Waals surface area contributed by atoms with E-state index in [0.717, 1.165) is 31.5 Å². The molecule has 1 N–H and O–H groups in total. The summed E-state index contributed by atoms with van der Waals surface area (Å²) in [7, 11) is 0. The molecule has 1 aromatic heterocycles. The standard InChI is InChI=1S/C10H16ClN3/c1-3-5-6-8-7-9(11)14-10(13-8)12-4-2/h7H,3-6H2,1-2H3,(H,12,13,14). The van der Waals surface area contributed by atoms with Gasteiger partial charge in [-0.15, -0.1) is 0 Å². The number of halogens is 1. The quantitative estimate of drug-likeness (QED) is 0.765. The van der Waals surface area contributed by atoms with Gasteiger partial charge in [-0.1, -0.05) is 24.9 Å². The zero-order chi connectivity index (χ0) is 10.4. The van der Waals surface area contributed by atoms with Crippen molar-refractivity contribution in [2.45, 2.75) is 33.1 Å². The Labute approximate surface area is 89.9 Å². The van der Waals surface area contributed by atoms with Gasteiger partial charge in [0.1, 0.15) is 5.15 Å². The number of hydrogen-bond donors (Lipinski definition) is 1. The highest BCUT2D eigenvalue weighted by atomic mass is 35.5. The molecular weight excluding hydrogens is 198 g/mol. The minimum Gasteiger partial charge on any atom is -0.354 e. The van der Waals surface area contributed by atoms with Crippen molar-refractivity contribution >= 4 is 17.5 Å². The van der Waals surface area contributed by atoms with Crippen molar-refractivity contribution in [3.63, 3.8) is 0 Å². The van der Waals surface area contributed by atoms with Gasteiger partial charge in [-0.05, 0) is 25.8 Å². The smallest absolute Gasteiger partial charge is 0.224 e. The molecule has 0 aliphatic heterocycles. The molecule has 1 heterocycles. The summed E-state index contributed by atoms with van der Waals surface area (Å²) in [5.41, 5.74) is 1.02. The zero-order valence-corrected chi connectivity index (χ0v) is 9.43. The van der Waals surface area contributed by atoms with Gasteiger partial charge in [0.2, 0.25) is 5.95 Å². The molecule has 0 amide bonds. The number of nitrogens with one attached hydrogen (secondary N) is 1. The highest BCUT2D eigenvalue weighted by molar-refractivity contribution is 6.29. The highest BCUT2D eigenvalue weighted by Gasteiger charge is 2.01. The molecule has 0 saturated carbocycles. The summed E-state index contributed by atoms with van der Waals surface area (Å²) in [4.78, 5) is 8.43. The average molecular weight is 214 g/mol. The predicted octanol–water partition coefficient (Wildman–Crippen LogP) is 2.90. The van der Waals surface area contributed by atoms with Crippen molar-refractivity contribution < 1.29 is 0 Å². The lowest BCUT2D eigenvalue weighted by atomic mass is 10.2. The first-order chi connectivity index (χ1) is 6.76. The van der Waals surface area contributed by atoms with E-state index < -0.39 is 0 Å². The molecule has 0 aliphatic carbocycles. The Balaban J connectivity index is 2.73. The van der Waals surface area contributed by atoms with Crippen LogP contribution >= 0.6 is 11.6 Å². The van der Waals surface area contributed by atoms with Crippen LogP contribution in [-0.4, -0.2) is 16.5 Å². The Bertz CT molecular complexity index is 289. The molecule has 0 aromatic carbocycles. The Morgan fingerprint density at radius 2 is 2.14 bits per heavy atom. The minimum atomic E-state index is 0.516. The van der Waals surface area contributed by atoms with Crippen molar-refractivity contribution in [2.75, 3.05) is 11.9 Å². The molecule has 0 saturated heterocycles. The molecular formula is C10H16ClN3. The second kappa shape index (κ2) is 5.81. The summed E-state index contributed by atoms with van der Waals surface area (Å²) in [6.45, 7) is 4.98. The van der Waals surface area contributed by atoms with E-state index in [9.17, 15) is 0 Å². The second-order valence-electron chi connectivity index (χ2n) is 3.14. The van der Waals surface area contributed by atoms with E-state index in [2.05, 4.69) is 22.2 Å². The first-order valence-corrected chi connectivity index (χ1v) is 5.41. The topological polar surface area (TPSA) is 37.8 Å². The van der Waals surface area contributed by atoms with Crippen LogP contribution in [0.3, 0.4) is 0 Å². The highest BCUT2D eigenvalue weighted by Crippen LogP contribution is 2.12. The third-order valence-corrected chi connectivity index (χ3v) is 2.06. The molecule has 1 rings (SSSR count). The summed E-state index contributed by atoms with van der Waals surface area (Å²) >= 11 is 5.87. The third-order valence-electron chi connectivity index (χ3n) is 1.87. The average Bonchev–Trinajstić information content (AvgIpc) is 2.14. The van der Waals surface area contributed by atoms with E-state index >= 15 is 0 Å². The monoisotopic (exact) mass is 213 g/mol. The molecule has 3 nitrogen and oxygen atoms in total. The predicted molar refractivity (Wildman–Crippen MR) is 59.8 cm³/mol. The van der Waals surface area contributed by atoms with Gasteiger partial charge in [0.25, 0.3) is 0 Å². The number of rotatable bonds is 5. The molecule has 0 unspecified atom stereocenters. The molecule has 0 atom stereocenters. The fourth-order valence-electron chi connectivity index (χ4n) is 1.19. The van der Waals surface area contributed by atoms with Crippen molar-refractivity contribution in [3.05, 3.63) is 16.9 Å². The molecule has 4 heteroatoms. The van der Waals surface area contributed by atoms with Crippen LogP contribution < -0.4 is 5.32 Å². The van der Waals surface area contributed by atoms with Crippen LogP contribution in [0.2, 0.25) is 5.15 Å². The molecule has 0 spiro atoms. The van der Waals surface area contributed by atoms with Gasteiger partial charge in [-0.25, -0.2) is 9.97 Å². The summed E-state index contributed by atoms with van der Waals surface area (Å²) in [5.74, 6) is 0.631. The molecule has 1 aromatic rings. The summed E-state index contributed by atoms with van der Waals surface area (Å²) < 4.78 is 0. The number of unbranched alkanes of at least 4 members (excludes halogenated alkanes) is 1. The molecule has 0 radical (unpaired) electrons. The lowest BCUT2D eigenvalue weighted by Gasteiger charge is -2.04. The van der Waals surface area contributed by atoms with Gasteiger partial charge in [0, 0.05) is 12.2 Å². The van der Waals surface area contributed by atoms with Crippen molar-refractivity contribution in [3.8, 4) is 0 Å². The lowest BCUT2D eigenvalue weighted by Crippen LogP contribution is -2.04. The Kier molecular flexibility index (Phi) is 4.66. The maximum atomic E-state index is 5.87. The van der Waals surface area contributed by atoms with Gasteiger partial charge in [0.05, 0.1) is 0 Å². The lowest BCUT2D eigenvalue weighted by molar-refractivity contribution is 0.773.